The predicted octanol–water partition coefficient (Wildman–Crippen LogP) is 4.67. The van der Waals surface area contributed by atoms with Crippen LogP contribution < -0.4 is 0 Å². The van der Waals surface area contributed by atoms with Crippen molar-refractivity contribution in [3.8, 4) is 0 Å². The van der Waals surface area contributed by atoms with Crippen molar-refractivity contribution in [2.45, 2.75) is 12.3 Å². The summed E-state index contributed by atoms with van der Waals surface area (Å²) in [7, 11) is 12.5. The second-order valence-electron chi connectivity index (χ2n) is 4.33. The molecule has 0 aromatic heterocycles. The first kappa shape index (κ1) is 12.5. The molecule has 0 amide bonds. The maximum atomic E-state index is 6.24. The predicted molar refractivity (Wildman–Crippen MR) is 75.2 cm³/mol. The average Bonchev–Trinajstić information content (AvgIpc) is 2.79. The molecule has 0 N–H and O–H groups in total. The molecule has 1 aliphatic carbocycles. The average molecular weight is 364 g/mol. The van der Waals surface area contributed by atoms with Crippen LogP contribution in [-0.4, -0.2) is 4.11 Å². The molecule has 3 rings (SSSR count). The molecule has 0 heterocycles. The topological polar surface area (TPSA) is 0 Å². The van der Waals surface area contributed by atoms with Crippen LogP contribution in [-0.2, 0) is 13.5 Å². The molecule has 3 heteroatoms. The van der Waals surface area contributed by atoms with Crippen molar-refractivity contribution in [3.05, 3.63) is 71.3 Å². The number of hydrogen-bond donors (Lipinski definition) is 0. The van der Waals surface area contributed by atoms with E-state index >= 15 is 0 Å². The fourth-order valence-corrected chi connectivity index (χ4v) is 5.42. The zero-order valence-corrected chi connectivity index (χ0v) is 12.8. The van der Waals surface area contributed by atoms with E-state index in [9.17, 15) is 0 Å². The molecule has 1 atom stereocenters. The standard InChI is InChI=1S/C15H12.2ClH.Ru/c1-2-6-12(7-3-1)15-11-10-13-8-4-5-9-14(13)15;;;/h1-9,15H,11H2;2*1H;/q;;;+2/p-2. The van der Waals surface area contributed by atoms with E-state index in [4.69, 9.17) is 19.4 Å². The third-order valence-electron chi connectivity index (χ3n) is 3.36. The Morgan fingerprint density at radius 2 is 1.56 bits per heavy atom. The van der Waals surface area contributed by atoms with Gasteiger partial charge in [0.2, 0.25) is 0 Å². The first-order valence-electron chi connectivity index (χ1n) is 5.77. The minimum atomic E-state index is -1.80. The van der Waals surface area contributed by atoms with E-state index < -0.39 is 13.5 Å². The van der Waals surface area contributed by atoms with E-state index in [1.807, 2.05) is 0 Å². The summed E-state index contributed by atoms with van der Waals surface area (Å²) >= 11 is -1.80. The van der Waals surface area contributed by atoms with E-state index in [1.54, 1.807) is 0 Å². The molecule has 0 saturated carbocycles. The van der Waals surface area contributed by atoms with Gasteiger partial charge in [-0.15, -0.1) is 0 Å². The number of benzene rings is 2. The molecule has 18 heavy (non-hydrogen) atoms. The van der Waals surface area contributed by atoms with Crippen LogP contribution in [0.4, 0.5) is 0 Å². The summed E-state index contributed by atoms with van der Waals surface area (Å²) in [6, 6.07) is 19.1. The summed E-state index contributed by atoms with van der Waals surface area (Å²) in [6.45, 7) is 0. The quantitative estimate of drug-likeness (QED) is 0.646. The summed E-state index contributed by atoms with van der Waals surface area (Å²) in [6.07, 6.45) is 0.981. The van der Waals surface area contributed by atoms with Crippen molar-refractivity contribution in [2.75, 3.05) is 0 Å². The fraction of sp³-hybridized carbons (Fsp3) is 0.133. The van der Waals surface area contributed by atoms with E-state index in [0.29, 0.717) is 5.92 Å². The Morgan fingerprint density at radius 3 is 2.28 bits per heavy atom. The Morgan fingerprint density at radius 1 is 0.889 bits per heavy atom. The molecule has 1 unspecified atom stereocenters. The van der Waals surface area contributed by atoms with Gasteiger partial charge in [-0.05, 0) is 0 Å². The first-order valence-corrected chi connectivity index (χ1v) is 11.1. The molecule has 0 spiro atoms. The van der Waals surface area contributed by atoms with E-state index in [1.165, 1.54) is 20.8 Å². The van der Waals surface area contributed by atoms with Crippen molar-refractivity contribution in [2.24, 2.45) is 0 Å². The van der Waals surface area contributed by atoms with Crippen LogP contribution in [0.25, 0.3) is 0 Å². The van der Waals surface area contributed by atoms with Gasteiger partial charge in [0.15, 0.2) is 0 Å². The van der Waals surface area contributed by atoms with Crippen LogP contribution in [0, 0.1) is 0 Å². The summed E-state index contributed by atoms with van der Waals surface area (Å²) in [4.78, 5) is 0. The van der Waals surface area contributed by atoms with Crippen molar-refractivity contribution < 1.29 is 13.5 Å². The van der Waals surface area contributed by atoms with E-state index in [2.05, 4.69) is 54.6 Å². The van der Waals surface area contributed by atoms with Gasteiger partial charge < -0.3 is 0 Å². The van der Waals surface area contributed by atoms with Gasteiger partial charge in [-0.2, -0.15) is 0 Å². The van der Waals surface area contributed by atoms with Gasteiger partial charge in [0.05, 0.1) is 0 Å². The second kappa shape index (κ2) is 5.25. The van der Waals surface area contributed by atoms with Gasteiger partial charge in [0, 0.05) is 0 Å². The number of halogens is 2. The maximum absolute atomic E-state index is 6.24. The first-order chi connectivity index (χ1) is 8.77. The molecule has 0 saturated heterocycles. The van der Waals surface area contributed by atoms with Crippen LogP contribution in [0.1, 0.15) is 29.0 Å². The Labute approximate surface area is 120 Å². The summed E-state index contributed by atoms with van der Waals surface area (Å²) in [5, 5.41) is 0. The van der Waals surface area contributed by atoms with E-state index in [-0.39, 0.29) is 0 Å². The second-order valence-corrected chi connectivity index (χ2v) is 10.3. The van der Waals surface area contributed by atoms with E-state index in [0.717, 1.165) is 6.42 Å². The van der Waals surface area contributed by atoms with Gasteiger partial charge in [0.1, 0.15) is 0 Å². The Kier molecular flexibility index (Phi) is 3.66. The molecular weight excluding hydrogens is 352 g/mol. The zero-order chi connectivity index (χ0) is 12.5. The van der Waals surface area contributed by atoms with Crippen LogP contribution >= 0.6 is 19.4 Å². The molecule has 0 nitrogen and oxygen atoms in total. The minimum absolute atomic E-state index is 0.422. The fourth-order valence-electron chi connectivity index (χ4n) is 2.55. The Balaban J connectivity index is 2.14. The van der Waals surface area contributed by atoms with Gasteiger partial charge in [-0.3, -0.25) is 0 Å². The van der Waals surface area contributed by atoms with Gasteiger partial charge in [-0.25, -0.2) is 0 Å². The van der Waals surface area contributed by atoms with Crippen LogP contribution in [0.3, 0.4) is 0 Å². The normalized spacial score (nSPS) is 18.7. The van der Waals surface area contributed by atoms with Crippen molar-refractivity contribution in [3.63, 3.8) is 0 Å². The molecule has 0 bridgehead atoms. The number of rotatable bonds is 1. The third kappa shape index (κ3) is 2.20. The van der Waals surface area contributed by atoms with Crippen molar-refractivity contribution in [1.29, 1.82) is 0 Å². The number of fused-ring (bicyclic) bond motifs is 1. The summed E-state index contributed by atoms with van der Waals surface area (Å²) < 4.78 is 1.28. The Hall–Kier alpha value is -0.487. The molecule has 1 aliphatic rings. The van der Waals surface area contributed by atoms with Crippen molar-refractivity contribution >= 4 is 23.5 Å². The monoisotopic (exact) mass is 364 g/mol. The van der Waals surface area contributed by atoms with Crippen LogP contribution in [0.2, 0.25) is 0 Å². The number of hydrogen-bond acceptors (Lipinski definition) is 0. The molecule has 0 radical (unpaired) electrons. The zero-order valence-electron chi connectivity index (χ0n) is 9.59. The SMILES string of the molecule is [Cl][Ru]([Cl])=[C]1CC(c2ccccc2)c2ccccc21. The van der Waals surface area contributed by atoms with Crippen molar-refractivity contribution in [1.82, 2.24) is 0 Å². The molecule has 2 aromatic rings. The third-order valence-corrected chi connectivity index (χ3v) is 6.89. The van der Waals surface area contributed by atoms with Crippen LogP contribution in [0.15, 0.2) is 54.6 Å². The molecular formula is C15H12Cl2Ru. The van der Waals surface area contributed by atoms with Gasteiger partial charge >= 0.3 is 121 Å². The summed E-state index contributed by atoms with van der Waals surface area (Å²) in [5.41, 5.74) is 4.01. The molecule has 2 aromatic carbocycles. The molecule has 0 fully saturated rings. The summed E-state index contributed by atoms with van der Waals surface area (Å²) in [5.74, 6) is 0.422. The molecule has 94 valence electrons. The molecule has 0 aliphatic heterocycles. The van der Waals surface area contributed by atoms with Crippen LogP contribution in [0.5, 0.6) is 0 Å². The Bertz CT molecular complexity index is 601. The van der Waals surface area contributed by atoms with Gasteiger partial charge in [-0.1, -0.05) is 0 Å². The van der Waals surface area contributed by atoms with Gasteiger partial charge in [0.25, 0.3) is 0 Å².